The summed E-state index contributed by atoms with van der Waals surface area (Å²) in [5.74, 6) is -0.203. The third kappa shape index (κ3) is 8.36. The summed E-state index contributed by atoms with van der Waals surface area (Å²) in [6.07, 6.45) is 0.00989. The van der Waals surface area contributed by atoms with Crippen molar-refractivity contribution in [2.75, 3.05) is 5.32 Å². The van der Waals surface area contributed by atoms with Crippen LogP contribution in [0.2, 0.25) is 5.02 Å². The second-order valence-electron chi connectivity index (χ2n) is 11.2. The van der Waals surface area contributed by atoms with Crippen molar-refractivity contribution in [3.63, 3.8) is 0 Å². The summed E-state index contributed by atoms with van der Waals surface area (Å²) in [4.78, 5) is 39.3. The number of carboxylic acids is 1. The predicted molar refractivity (Wildman–Crippen MR) is 193 cm³/mol. The lowest BCUT2D eigenvalue weighted by Gasteiger charge is -2.18. The van der Waals surface area contributed by atoms with Crippen LogP contribution in [0.1, 0.15) is 26.3 Å². The molecule has 0 unspecified atom stereocenters. The van der Waals surface area contributed by atoms with Crippen LogP contribution in [-0.2, 0) is 11.2 Å². The second-order valence-corrected chi connectivity index (χ2v) is 11.7. The number of carboxylic acid groups (broad SMARTS) is 1. The molecule has 6 aromatic rings. The van der Waals surface area contributed by atoms with Crippen LogP contribution in [0.4, 0.5) is 5.69 Å². The Morgan fingerprint density at radius 3 is 1.86 bits per heavy atom. The highest BCUT2D eigenvalue weighted by Crippen LogP contribution is 2.33. The third-order valence-electron chi connectivity index (χ3n) is 7.74. The fourth-order valence-corrected chi connectivity index (χ4v) is 5.44. The summed E-state index contributed by atoms with van der Waals surface area (Å²) >= 11 is 6.24. The minimum absolute atomic E-state index is 0.00364. The first kappa shape index (κ1) is 33.5. The fraction of sp³-hybridized carbons (Fsp3) is 0.0488. The van der Waals surface area contributed by atoms with Crippen LogP contribution in [-0.4, -0.2) is 28.9 Å². The number of amides is 2. The van der Waals surface area contributed by atoms with E-state index in [0.29, 0.717) is 28.6 Å². The number of rotatable bonds is 12. The molecule has 0 aliphatic carbocycles. The number of hydrogen-bond acceptors (Lipinski definition) is 5. The van der Waals surface area contributed by atoms with Gasteiger partial charge in [-0.15, -0.1) is 0 Å². The smallest absolute Gasteiger partial charge is 0.326 e. The summed E-state index contributed by atoms with van der Waals surface area (Å²) < 4.78 is 12.0. The maximum atomic E-state index is 13.6. The van der Waals surface area contributed by atoms with Gasteiger partial charge in [-0.05, 0) is 71.8 Å². The molecular formula is C41H31ClN2O6. The van der Waals surface area contributed by atoms with Gasteiger partial charge in [-0.2, -0.15) is 0 Å². The van der Waals surface area contributed by atoms with Crippen molar-refractivity contribution in [2.45, 2.75) is 12.5 Å². The Morgan fingerprint density at radius 1 is 0.620 bits per heavy atom. The van der Waals surface area contributed by atoms with Crippen molar-refractivity contribution < 1.29 is 29.0 Å². The lowest BCUT2D eigenvalue weighted by molar-refractivity contribution is -0.139. The summed E-state index contributed by atoms with van der Waals surface area (Å²) in [5, 5.41) is 15.7. The Hall–Kier alpha value is -6.38. The molecule has 0 radical (unpaired) electrons. The molecule has 2 amide bonds. The lowest BCUT2D eigenvalue weighted by Crippen LogP contribution is -2.42. The molecule has 0 saturated carbocycles. The third-order valence-corrected chi connectivity index (χ3v) is 7.98. The van der Waals surface area contributed by atoms with E-state index >= 15 is 0 Å². The number of anilines is 1. The summed E-state index contributed by atoms with van der Waals surface area (Å²) in [6, 6.07) is 43.4. The molecule has 6 aromatic carbocycles. The van der Waals surface area contributed by atoms with Crippen molar-refractivity contribution in [2.24, 2.45) is 0 Å². The van der Waals surface area contributed by atoms with Crippen molar-refractivity contribution in [3.8, 4) is 34.1 Å². The maximum Gasteiger partial charge on any atom is 0.326 e. The average molecular weight is 683 g/mol. The number of carbonyl (C=O) groups is 3. The molecule has 3 N–H and O–H groups in total. The van der Waals surface area contributed by atoms with E-state index in [2.05, 4.69) is 10.6 Å². The van der Waals surface area contributed by atoms with Gasteiger partial charge < -0.3 is 25.2 Å². The first-order valence-corrected chi connectivity index (χ1v) is 16.1. The van der Waals surface area contributed by atoms with E-state index in [4.69, 9.17) is 21.1 Å². The summed E-state index contributed by atoms with van der Waals surface area (Å²) in [6.45, 7) is 0. The Bertz CT molecular complexity index is 2120. The topological polar surface area (TPSA) is 114 Å². The van der Waals surface area contributed by atoms with Crippen molar-refractivity contribution in [3.05, 3.63) is 173 Å². The van der Waals surface area contributed by atoms with Gasteiger partial charge in [-0.25, -0.2) is 4.79 Å². The molecular weight excluding hydrogens is 652 g/mol. The number of nitrogens with one attached hydrogen (secondary N) is 2. The van der Waals surface area contributed by atoms with Crippen LogP contribution >= 0.6 is 11.6 Å². The van der Waals surface area contributed by atoms with Crippen molar-refractivity contribution in [1.82, 2.24) is 5.32 Å². The molecule has 50 heavy (non-hydrogen) atoms. The van der Waals surface area contributed by atoms with Crippen molar-refractivity contribution >= 4 is 35.1 Å². The number of aliphatic carboxylic acids is 1. The van der Waals surface area contributed by atoms with E-state index in [1.54, 1.807) is 36.4 Å². The quantitative estimate of drug-likeness (QED) is 0.119. The van der Waals surface area contributed by atoms with Gasteiger partial charge in [0.1, 0.15) is 29.0 Å². The standard InChI is InChI=1S/C41H31ClN2O6/c42-29-23-24-35(43-39(45)33-16-8-10-18-38(33)50-31-13-5-2-6-14-31)34(26-29)40(46)44-36(41(47)48)25-27-19-21-28(22-20-27)32-15-7-9-17-37(32)49-30-11-3-1-4-12-30/h1-24,26,36H,25H2,(H,43,45)(H,44,46)(H,47,48)/t36-/m0/s1. The number of para-hydroxylation sites is 4. The van der Waals surface area contributed by atoms with Gasteiger partial charge in [0.25, 0.3) is 11.8 Å². The van der Waals surface area contributed by atoms with Crippen LogP contribution in [0, 0.1) is 0 Å². The molecule has 9 heteroatoms. The zero-order chi connectivity index (χ0) is 34.9. The van der Waals surface area contributed by atoms with Gasteiger partial charge in [-0.3, -0.25) is 9.59 Å². The number of benzene rings is 6. The van der Waals surface area contributed by atoms with Crippen molar-refractivity contribution in [1.29, 1.82) is 0 Å². The van der Waals surface area contributed by atoms with Gasteiger partial charge in [0.15, 0.2) is 0 Å². The van der Waals surface area contributed by atoms with E-state index in [1.165, 1.54) is 18.2 Å². The minimum atomic E-state index is -1.27. The molecule has 0 saturated heterocycles. The van der Waals surface area contributed by atoms with Gasteiger partial charge in [-0.1, -0.05) is 103 Å². The Labute approximate surface area is 293 Å². The first-order chi connectivity index (χ1) is 24.3. The number of hydrogen-bond donors (Lipinski definition) is 3. The number of halogens is 1. The van der Waals surface area contributed by atoms with Gasteiger partial charge in [0.05, 0.1) is 16.8 Å². The molecule has 0 spiro atoms. The van der Waals surface area contributed by atoms with Crippen LogP contribution in [0.5, 0.6) is 23.0 Å². The van der Waals surface area contributed by atoms with E-state index in [1.807, 2.05) is 97.1 Å². The second kappa shape index (κ2) is 15.7. The number of ether oxygens (including phenoxy) is 2. The normalized spacial score (nSPS) is 11.2. The van der Waals surface area contributed by atoms with E-state index in [9.17, 15) is 19.5 Å². The zero-order valence-electron chi connectivity index (χ0n) is 26.6. The summed E-state index contributed by atoms with van der Waals surface area (Å²) in [7, 11) is 0. The SMILES string of the molecule is O=C(N[C@@H](Cc1ccc(-c2ccccc2Oc2ccccc2)cc1)C(=O)O)c1cc(Cl)ccc1NC(=O)c1ccccc1Oc1ccccc1. The molecule has 0 heterocycles. The minimum Gasteiger partial charge on any atom is -0.480 e. The highest BCUT2D eigenvalue weighted by molar-refractivity contribution is 6.31. The monoisotopic (exact) mass is 682 g/mol. The molecule has 8 nitrogen and oxygen atoms in total. The van der Waals surface area contributed by atoms with Crippen LogP contribution < -0.4 is 20.1 Å². The Morgan fingerprint density at radius 2 is 1.20 bits per heavy atom. The molecule has 0 fully saturated rings. The fourth-order valence-electron chi connectivity index (χ4n) is 5.26. The maximum absolute atomic E-state index is 13.6. The van der Waals surface area contributed by atoms with Gasteiger partial charge >= 0.3 is 5.97 Å². The molecule has 1 atom stereocenters. The van der Waals surface area contributed by atoms with Crippen LogP contribution in [0.15, 0.2) is 152 Å². The summed E-state index contributed by atoms with van der Waals surface area (Å²) in [5.41, 5.74) is 2.83. The molecule has 0 aromatic heterocycles. The van der Waals surface area contributed by atoms with Crippen LogP contribution in [0.3, 0.4) is 0 Å². The molecule has 6 rings (SSSR count). The largest absolute Gasteiger partial charge is 0.480 e. The molecule has 0 aliphatic rings. The Kier molecular flexibility index (Phi) is 10.5. The van der Waals surface area contributed by atoms with Gasteiger partial charge in [0.2, 0.25) is 0 Å². The first-order valence-electron chi connectivity index (χ1n) is 15.7. The van der Waals surface area contributed by atoms with E-state index in [-0.39, 0.29) is 28.3 Å². The lowest BCUT2D eigenvalue weighted by atomic mass is 9.99. The average Bonchev–Trinajstić information content (AvgIpc) is 3.13. The molecule has 248 valence electrons. The highest BCUT2D eigenvalue weighted by Gasteiger charge is 2.24. The van der Waals surface area contributed by atoms with E-state index < -0.39 is 23.8 Å². The number of carbonyl (C=O) groups excluding carboxylic acids is 2. The zero-order valence-corrected chi connectivity index (χ0v) is 27.3. The Balaban J connectivity index is 1.16. The van der Waals surface area contributed by atoms with Crippen LogP contribution in [0.25, 0.3) is 11.1 Å². The molecule has 0 bridgehead atoms. The van der Waals surface area contributed by atoms with Gasteiger partial charge in [0, 0.05) is 17.0 Å². The van der Waals surface area contributed by atoms with E-state index in [0.717, 1.165) is 11.1 Å². The highest BCUT2D eigenvalue weighted by atomic mass is 35.5. The predicted octanol–water partition coefficient (Wildman–Crippen LogP) is 9.27. The molecule has 0 aliphatic heterocycles.